The lowest BCUT2D eigenvalue weighted by Gasteiger charge is -2.32. The lowest BCUT2D eigenvalue weighted by atomic mass is 9.78. The summed E-state index contributed by atoms with van der Waals surface area (Å²) in [5, 5.41) is 0. The van der Waals surface area contributed by atoms with E-state index in [2.05, 4.69) is 12.6 Å². The molecule has 0 aliphatic carbocycles. The van der Waals surface area contributed by atoms with E-state index in [0.717, 1.165) is 6.07 Å². The number of halogens is 3. The van der Waals surface area contributed by atoms with Gasteiger partial charge < -0.3 is 9.31 Å². The summed E-state index contributed by atoms with van der Waals surface area (Å²) in [4.78, 5) is 10.8. The summed E-state index contributed by atoms with van der Waals surface area (Å²) < 4.78 is 51.7. The van der Waals surface area contributed by atoms with Gasteiger partial charge in [0.2, 0.25) is 0 Å². The third-order valence-corrected chi connectivity index (χ3v) is 4.96. The monoisotopic (exact) mass is 372 g/mol. The van der Waals surface area contributed by atoms with Gasteiger partial charge in [-0.15, -0.1) is 0 Å². The first-order valence-corrected chi connectivity index (χ1v) is 8.38. The highest BCUT2D eigenvalue weighted by Crippen LogP contribution is 2.40. The Bertz CT molecular complexity index is 683. The maximum absolute atomic E-state index is 13.3. The van der Waals surface area contributed by atoms with Crippen molar-refractivity contribution in [2.75, 3.05) is 5.75 Å². The summed E-state index contributed by atoms with van der Waals surface area (Å²) in [5.74, 6) is 0.170. The number of carbonyl (C=O) groups excluding carboxylic acids is 1. The molecule has 136 valence electrons. The molecular formula is C17H20BF3O3S. The molecule has 0 saturated carbocycles. The molecule has 1 heterocycles. The molecule has 0 radical (unpaired) electrons. The van der Waals surface area contributed by atoms with Crippen LogP contribution in [-0.4, -0.2) is 30.4 Å². The van der Waals surface area contributed by atoms with Crippen molar-refractivity contribution < 1.29 is 27.3 Å². The fraction of sp³-hybridized carbons (Fsp3) is 0.471. The summed E-state index contributed by atoms with van der Waals surface area (Å²) in [6.07, 6.45) is -2.83. The van der Waals surface area contributed by atoms with Crippen molar-refractivity contribution in [2.45, 2.75) is 45.1 Å². The van der Waals surface area contributed by atoms with E-state index in [-0.39, 0.29) is 16.9 Å². The topological polar surface area (TPSA) is 35.5 Å². The van der Waals surface area contributed by atoms with Gasteiger partial charge in [-0.3, -0.25) is 4.79 Å². The average Bonchev–Trinajstić information content (AvgIpc) is 2.71. The quantitative estimate of drug-likeness (QED) is 0.482. The lowest BCUT2D eigenvalue weighted by Crippen LogP contribution is -2.41. The maximum atomic E-state index is 13.3. The number of alkyl halides is 3. The fourth-order valence-electron chi connectivity index (χ4n) is 2.40. The largest absolute Gasteiger partial charge is 0.491 e. The first kappa shape index (κ1) is 20.1. The van der Waals surface area contributed by atoms with E-state index in [4.69, 9.17) is 9.31 Å². The molecule has 25 heavy (non-hydrogen) atoms. The number of hydrogen-bond acceptors (Lipinski definition) is 4. The molecule has 3 nitrogen and oxygen atoms in total. The number of hydrogen-bond donors (Lipinski definition) is 1. The molecule has 2 rings (SSSR count). The van der Waals surface area contributed by atoms with Gasteiger partial charge in [0.05, 0.1) is 16.8 Å². The number of benzene rings is 1. The van der Waals surface area contributed by atoms with Crippen LogP contribution < -0.4 is 0 Å². The third-order valence-electron chi connectivity index (χ3n) is 4.60. The van der Waals surface area contributed by atoms with Gasteiger partial charge in [0, 0.05) is 11.3 Å². The predicted octanol–water partition coefficient (Wildman–Crippen LogP) is 4.46. The minimum Gasteiger partial charge on any atom is -0.400 e. The molecule has 0 unspecified atom stereocenters. The molecule has 8 heteroatoms. The Hall–Kier alpha value is -1.25. The minimum atomic E-state index is -4.58. The van der Waals surface area contributed by atoms with Crippen LogP contribution in [0.25, 0.3) is 6.08 Å². The van der Waals surface area contributed by atoms with Crippen LogP contribution in [0.2, 0.25) is 0 Å². The zero-order chi connectivity index (χ0) is 19.0. The highest BCUT2D eigenvalue weighted by molar-refractivity contribution is 7.80. The fourth-order valence-corrected chi connectivity index (χ4v) is 2.64. The normalized spacial score (nSPS) is 20.0. The van der Waals surface area contributed by atoms with Crippen molar-refractivity contribution in [3.05, 3.63) is 40.4 Å². The van der Waals surface area contributed by atoms with Gasteiger partial charge in [-0.05, 0) is 44.8 Å². The standard InChI is InChI=1S/C17H20BF3O3S/c1-15(2)16(3,4)24-18(23-15)13(10-25)8-12-6-5-11(9-22)7-14(12)17(19,20)21/h5-9,25H,10H2,1-4H3. The van der Waals surface area contributed by atoms with Crippen LogP contribution in [0.4, 0.5) is 13.2 Å². The molecule has 1 saturated heterocycles. The van der Waals surface area contributed by atoms with Crippen LogP contribution in [0.15, 0.2) is 23.7 Å². The highest BCUT2D eigenvalue weighted by atomic mass is 32.1. The zero-order valence-electron chi connectivity index (χ0n) is 14.5. The van der Waals surface area contributed by atoms with Gasteiger partial charge in [0.15, 0.2) is 0 Å². The summed E-state index contributed by atoms with van der Waals surface area (Å²) in [7, 11) is -0.783. The van der Waals surface area contributed by atoms with Gasteiger partial charge in [0.1, 0.15) is 6.29 Å². The van der Waals surface area contributed by atoms with Crippen molar-refractivity contribution in [3.63, 3.8) is 0 Å². The predicted molar refractivity (Wildman–Crippen MR) is 94.7 cm³/mol. The van der Waals surface area contributed by atoms with Gasteiger partial charge in [-0.2, -0.15) is 25.8 Å². The molecule has 1 aliphatic rings. The van der Waals surface area contributed by atoms with Crippen molar-refractivity contribution in [3.8, 4) is 0 Å². The van der Waals surface area contributed by atoms with Gasteiger partial charge in [0.25, 0.3) is 0 Å². The second kappa shape index (κ2) is 6.81. The molecular weight excluding hydrogens is 352 g/mol. The minimum absolute atomic E-state index is 0.0347. The molecule has 1 aromatic rings. The molecule has 0 atom stereocenters. The Morgan fingerprint density at radius 2 is 1.76 bits per heavy atom. The average molecular weight is 372 g/mol. The summed E-state index contributed by atoms with van der Waals surface area (Å²) in [6, 6.07) is 3.44. The molecule has 0 N–H and O–H groups in total. The highest BCUT2D eigenvalue weighted by Gasteiger charge is 2.52. The van der Waals surface area contributed by atoms with E-state index in [1.807, 2.05) is 27.7 Å². The van der Waals surface area contributed by atoms with E-state index in [1.165, 1.54) is 18.2 Å². The van der Waals surface area contributed by atoms with Gasteiger partial charge in [-0.25, -0.2) is 0 Å². The maximum Gasteiger partial charge on any atom is 0.491 e. The van der Waals surface area contributed by atoms with E-state index in [1.54, 1.807) is 0 Å². The smallest absolute Gasteiger partial charge is 0.400 e. The molecule has 1 fully saturated rings. The number of rotatable bonds is 4. The number of thiol groups is 1. The summed E-state index contributed by atoms with van der Waals surface area (Å²) >= 11 is 4.21. The van der Waals surface area contributed by atoms with E-state index in [9.17, 15) is 18.0 Å². The van der Waals surface area contributed by atoms with Crippen LogP contribution in [0.1, 0.15) is 49.2 Å². The van der Waals surface area contributed by atoms with Crippen LogP contribution in [-0.2, 0) is 15.5 Å². The summed E-state index contributed by atoms with van der Waals surface area (Å²) in [6.45, 7) is 7.46. The second-order valence-electron chi connectivity index (χ2n) is 6.93. The molecule has 0 aromatic heterocycles. The van der Waals surface area contributed by atoms with Crippen molar-refractivity contribution in [1.82, 2.24) is 0 Å². The third kappa shape index (κ3) is 4.12. The first-order chi connectivity index (χ1) is 11.4. The second-order valence-corrected chi connectivity index (χ2v) is 7.24. The molecule has 0 amide bonds. The van der Waals surface area contributed by atoms with Crippen molar-refractivity contribution >= 4 is 32.1 Å². The molecule has 0 spiro atoms. The Morgan fingerprint density at radius 3 is 2.20 bits per heavy atom. The Balaban J connectivity index is 2.46. The Kier molecular flexibility index (Phi) is 5.47. The van der Waals surface area contributed by atoms with Crippen LogP contribution >= 0.6 is 12.6 Å². The molecule has 0 bridgehead atoms. The van der Waals surface area contributed by atoms with E-state index in [0.29, 0.717) is 11.8 Å². The van der Waals surface area contributed by atoms with Gasteiger partial charge >= 0.3 is 13.3 Å². The Morgan fingerprint density at radius 1 is 1.20 bits per heavy atom. The van der Waals surface area contributed by atoms with Crippen molar-refractivity contribution in [2.24, 2.45) is 0 Å². The van der Waals surface area contributed by atoms with Crippen LogP contribution in [0.3, 0.4) is 0 Å². The number of carbonyl (C=O) groups is 1. The lowest BCUT2D eigenvalue weighted by molar-refractivity contribution is -0.137. The van der Waals surface area contributed by atoms with E-state index < -0.39 is 30.1 Å². The van der Waals surface area contributed by atoms with Crippen molar-refractivity contribution in [1.29, 1.82) is 0 Å². The van der Waals surface area contributed by atoms with E-state index >= 15 is 0 Å². The molecule has 1 aromatic carbocycles. The molecule has 1 aliphatic heterocycles. The first-order valence-electron chi connectivity index (χ1n) is 7.74. The summed E-state index contributed by atoms with van der Waals surface area (Å²) in [5.41, 5.74) is -1.70. The van der Waals surface area contributed by atoms with Crippen LogP contribution in [0.5, 0.6) is 0 Å². The SMILES string of the molecule is CC1(C)OB(C(=Cc2ccc(C=O)cc2C(F)(F)F)CS)OC1(C)C. The Labute approximate surface area is 151 Å². The van der Waals surface area contributed by atoms with Gasteiger partial charge in [-0.1, -0.05) is 18.2 Å². The number of aldehydes is 1. The van der Waals surface area contributed by atoms with Crippen LogP contribution in [0, 0.1) is 0 Å². The zero-order valence-corrected chi connectivity index (χ0v) is 15.4.